The van der Waals surface area contributed by atoms with Gasteiger partial charge in [0.15, 0.2) is 15.9 Å². The minimum absolute atomic E-state index is 0. The first-order valence-corrected chi connectivity index (χ1v) is 41.3. The molecule has 3 aromatic heterocycles. The molecule has 107 heavy (non-hydrogen) atoms. The van der Waals surface area contributed by atoms with Crippen LogP contribution < -0.4 is 9.47 Å². The van der Waals surface area contributed by atoms with E-state index in [2.05, 4.69) is 227 Å². The Morgan fingerprint density at radius 1 is 0.505 bits per heavy atom. The number of carbonyl (C=O) groups excluding carboxylic acids is 1. The van der Waals surface area contributed by atoms with Gasteiger partial charge in [0.2, 0.25) is 10.5 Å². The summed E-state index contributed by atoms with van der Waals surface area (Å²) in [6.07, 6.45) is 1.72. The number of alkyl halides is 3. The summed E-state index contributed by atoms with van der Waals surface area (Å²) in [6, 6.07) is 40.0. The number of benzene rings is 9. The number of nitrogens with zero attached hydrogens (tertiary/aromatic N) is 4. The normalized spacial score (nSPS) is 12.0. The van der Waals surface area contributed by atoms with Gasteiger partial charge in [0.25, 0.3) is 0 Å². The van der Waals surface area contributed by atoms with Gasteiger partial charge in [-0.1, -0.05) is 125 Å². The molecule has 0 N–H and O–H groups in total. The van der Waals surface area contributed by atoms with Crippen LogP contribution in [-0.4, -0.2) is 40.8 Å². The smallest absolute Gasteiger partial charge is 0.485 e. The number of hydrogen-bond donors (Lipinski definition) is 0. The van der Waals surface area contributed by atoms with Gasteiger partial charge < -0.3 is 9.45 Å². The molecular formula is C85H91BrCl5F3N4O4S5. The first-order chi connectivity index (χ1) is 49.5. The van der Waals surface area contributed by atoms with Crippen LogP contribution in [0.15, 0.2) is 136 Å². The van der Waals surface area contributed by atoms with Crippen molar-refractivity contribution >= 4 is 172 Å². The molecule has 0 amide bonds. The molecule has 1 aliphatic rings. The average molecular weight is 1710 g/mol. The minimum atomic E-state index is -6.09. The fourth-order valence-corrected chi connectivity index (χ4v) is 17.6. The topological polar surface area (TPSA) is 107 Å². The molecular weight excluding hydrogens is 1620 g/mol. The zero-order valence-corrected chi connectivity index (χ0v) is 72.8. The molecule has 0 bridgehead atoms. The summed E-state index contributed by atoms with van der Waals surface area (Å²) in [7, 11) is -6.09. The molecule has 4 heterocycles. The number of thioether (sulfide) groups is 1. The lowest BCUT2D eigenvalue weighted by Crippen LogP contribution is -2.33. The Hall–Kier alpha value is -6.16. The molecule has 8 nitrogen and oxygen atoms in total. The maximum absolute atomic E-state index is 11.6. The molecule has 0 atom stereocenters. The number of aromatic nitrogens is 3. The van der Waals surface area contributed by atoms with E-state index in [1.54, 1.807) is 47.4 Å². The Labute approximate surface area is 680 Å². The van der Waals surface area contributed by atoms with E-state index in [0.29, 0.717) is 0 Å². The molecule has 0 radical (unpaired) electrons. The second-order valence-electron chi connectivity index (χ2n) is 26.2. The van der Waals surface area contributed by atoms with E-state index >= 15 is 0 Å². The van der Waals surface area contributed by atoms with Crippen molar-refractivity contribution in [2.75, 3.05) is 11.4 Å². The second-order valence-corrected chi connectivity index (χ2v) is 35.2. The maximum atomic E-state index is 11.6. The van der Waals surface area contributed by atoms with Crippen molar-refractivity contribution in [3.8, 4) is 33.4 Å². The van der Waals surface area contributed by atoms with E-state index in [4.69, 9.17) is 76.0 Å². The fraction of sp³-hybridized carbons (Fsp3) is 0.294. The molecule has 13 rings (SSSR count). The Morgan fingerprint density at radius 2 is 0.897 bits per heavy atom. The van der Waals surface area contributed by atoms with Crippen LogP contribution >= 0.6 is 120 Å². The van der Waals surface area contributed by atoms with Gasteiger partial charge in [0.05, 0.1) is 46.7 Å². The quantitative estimate of drug-likeness (QED) is 0.0701. The summed E-state index contributed by atoms with van der Waals surface area (Å²) in [4.78, 5) is 24.2. The zero-order valence-electron chi connectivity index (χ0n) is 63.3. The van der Waals surface area contributed by atoms with Gasteiger partial charge in [-0.25, -0.2) is 18.4 Å². The van der Waals surface area contributed by atoms with Crippen LogP contribution in [0.5, 0.6) is 0 Å². The minimum Gasteiger partial charge on any atom is -0.741 e. The lowest BCUT2D eigenvalue weighted by Gasteiger charge is -2.23. The third-order valence-corrected chi connectivity index (χ3v) is 25.3. The number of carbonyl (C=O) groups is 1. The SMILES string of the molecule is C.CCN1/C(=C/C(C)=O)Sc2ccc(C)c(-c3cc(C)c(C)cc3Cl)c21.CC[n+]1c(C)sc2ccc(C)c(-c3cc(C)c(C)cc3Cl)c21.Cc1cc(C)c(Cl)cc1C.Cc1ccc(Cl)cc1C.Cc1nc2c(-c3cc(C)c(C)cc3Cl)c(C)ccc2s1.Cc1nc2c(Br)c(C)ccc2s1.O=S(=O)([O-])C(F)(F)F. The lowest BCUT2D eigenvalue weighted by molar-refractivity contribution is -0.669. The monoisotopic (exact) mass is 1700 g/mol. The van der Waals surface area contributed by atoms with Crippen molar-refractivity contribution < 1.29 is 35.5 Å². The summed E-state index contributed by atoms with van der Waals surface area (Å²) in [5.74, 6) is 0.0660. The third kappa shape index (κ3) is 22.1. The number of thiazole rings is 3. The Balaban J connectivity index is 0.000000203. The number of rotatable bonds is 6. The van der Waals surface area contributed by atoms with E-state index in [1.807, 2.05) is 68.5 Å². The molecule has 0 unspecified atom stereocenters. The van der Waals surface area contributed by atoms with Crippen LogP contribution in [0.3, 0.4) is 0 Å². The van der Waals surface area contributed by atoms with Crippen molar-refractivity contribution in [2.24, 2.45) is 0 Å². The van der Waals surface area contributed by atoms with E-state index < -0.39 is 15.6 Å². The highest BCUT2D eigenvalue weighted by Gasteiger charge is 2.37. The van der Waals surface area contributed by atoms with Crippen LogP contribution in [0.4, 0.5) is 18.9 Å². The van der Waals surface area contributed by atoms with Gasteiger partial charge in [0, 0.05) is 81.8 Å². The standard InChI is InChI=1S/C21H22ClNOS.C19H21ClNS.C17H16ClNS.C9H8BrNS.C9H11Cl.C8H9Cl.CHF3O3S.CH4/c1-6-23-19(11-15(5)24)25-18-8-7-12(2)20(21(18)23)16-9-13(3)14(4)10-17(16)22;1-6-21-14(5)22-17-8-7-11(2)18(19(17)21)15-9-12(3)13(4)10-16(15)20;1-9-5-6-15-17(19-12(4)20-15)16(9)13-7-10(2)11(3)8-14(13)18;1-5-3-4-7-9(8(5)10)11-6(2)12-7;1-6-4-8(3)9(10)5-7(6)2;1-6-3-4-8(9)5-7(6)2;2-1(3,4)8(5,6)7;/h7-11H,6H2,1-5H3;7-10H,6H2,1-5H3;5-8H,1-4H3;3-4H,1-2H3;4-5H,1-3H3;3-5H,1-2H3;(H,5,6,7);1H4/q;+1;;;;;;/p-1/b19-11-;;;;;;;. The van der Waals surface area contributed by atoms with Gasteiger partial charge in [-0.05, 0) is 317 Å². The summed E-state index contributed by atoms with van der Waals surface area (Å²) in [6.45, 7) is 45.4. The second kappa shape index (κ2) is 38.2. The van der Waals surface area contributed by atoms with Crippen LogP contribution in [0.25, 0.3) is 64.0 Å². The molecule has 0 spiro atoms. The van der Waals surface area contributed by atoms with E-state index in [9.17, 15) is 18.0 Å². The van der Waals surface area contributed by atoms with Gasteiger partial charge in [0.1, 0.15) is 11.2 Å². The van der Waals surface area contributed by atoms with Gasteiger partial charge in [-0.15, -0.1) is 22.7 Å². The van der Waals surface area contributed by atoms with Crippen molar-refractivity contribution in [3.05, 3.63) is 254 Å². The number of ketones is 1. The average Bonchev–Trinajstić information content (AvgIpc) is 1.66. The Kier molecular flexibility index (Phi) is 32.0. The van der Waals surface area contributed by atoms with Gasteiger partial charge in [-0.3, -0.25) is 4.79 Å². The van der Waals surface area contributed by atoms with Crippen molar-refractivity contribution in [1.82, 2.24) is 9.97 Å². The molecule has 0 aliphatic carbocycles. The number of anilines is 1. The van der Waals surface area contributed by atoms with Crippen LogP contribution in [0.1, 0.15) is 127 Å². The maximum Gasteiger partial charge on any atom is 0.485 e. The van der Waals surface area contributed by atoms with E-state index in [0.717, 1.165) is 102 Å². The highest BCUT2D eigenvalue weighted by Crippen LogP contribution is 2.53. The van der Waals surface area contributed by atoms with Crippen molar-refractivity contribution in [1.29, 1.82) is 0 Å². The van der Waals surface area contributed by atoms with Crippen LogP contribution in [0, 0.1) is 125 Å². The number of fused-ring (bicyclic) bond motifs is 4. The fourth-order valence-electron chi connectivity index (χ4n) is 11.6. The van der Waals surface area contributed by atoms with Crippen molar-refractivity contribution in [3.63, 3.8) is 0 Å². The summed E-state index contributed by atoms with van der Waals surface area (Å²) in [5.41, 5.74) is 24.5. The molecule has 12 aromatic rings. The zero-order chi connectivity index (χ0) is 79.0. The first kappa shape index (κ1) is 89.7. The number of aryl methyl sites for hydroxylation is 19. The third-order valence-electron chi connectivity index (χ3n) is 18.1. The number of halogens is 9. The Morgan fingerprint density at radius 3 is 1.36 bits per heavy atom. The van der Waals surface area contributed by atoms with Gasteiger partial charge in [-0.2, -0.15) is 17.7 Å². The van der Waals surface area contributed by atoms with E-state index in [-0.39, 0.29) is 13.2 Å². The Bertz CT molecular complexity index is 5410. The van der Waals surface area contributed by atoms with E-state index in [1.165, 1.54) is 119 Å². The van der Waals surface area contributed by atoms with Gasteiger partial charge >= 0.3 is 5.51 Å². The molecule has 0 saturated carbocycles. The summed E-state index contributed by atoms with van der Waals surface area (Å²) >= 11 is 41.8. The molecule has 568 valence electrons. The predicted molar refractivity (Wildman–Crippen MR) is 461 cm³/mol. The molecule has 9 aromatic carbocycles. The molecule has 1 aliphatic heterocycles. The van der Waals surface area contributed by atoms with Crippen LogP contribution in [0.2, 0.25) is 25.1 Å². The first-order valence-electron chi connectivity index (χ1n) is 33.9. The highest BCUT2D eigenvalue weighted by atomic mass is 79.9. The largest absolute Gasteiger partial charge is 0.741 e. The summed E-state index contributed by atoms with van der Waals surface area (Å²) < 4.78 is 66.2. The summed E-state index contributed by atoms with van der Waals surface area (Å²) in [5, 5.41) is 8.62. The van der Waals surface area contributed by atoms with Crippen LogP contribution in [-0.2, 0) is 21.5 Å². The number of allylic oxidation sites excluding steroid dienone is 1. The number of hydrogen-bond acceptors (Lipinski definition) is 11. The van der Waals surface area contributed by atoms with Crippen molar-refractivity contribution in [2.45, 2.75) is 170 Å². The lowest BCUT2D eigenvalue weighted by atomic mass is 9.95. The highest BCUT2D eigenvalue weighted by molar-refractivity contribution is 9.10. The predicted octanol–water partition coefficient (Wildman–Crippen LogP) is 28.5. The molecule has 0 fully saturated rings. The molecule has 22 heteroatoms. The molecule has 0 saturated heterocycles.